The molecule has 0 N–H and O–H groups in total. The first-order chi connectivity index (χ1) is 72.8. The Hall–Kier alpha value is -18.9. The Morgan fingerprint density at radius 2 is 0.395 bits per heavy atom. The molecule has 688 valence electrons. The summed E-state index contributed by atoms with van der Waals surface area (Å²) in [6.45, 7) is 0. The highest BCUT2D eigenvalue weighted by Crippen LogP contribution is 2.50. The minimum Gasteiger partial charge on any atom is -0.255 e. The van der Waals surface area contributed by atoms with Gasteiger partial charge < -0.3 is 0 Å². The maximum Gasteiger partial charge on any atom is 0.0900 e. The molecule has 28 aromatic rings. The second-order valence-electron chi connectivity index (χ2n) is 36.0. The molecule has 0 aliphatic carbocycles. The molecule has 0 radical (unpaired) electrons. The fourth-order valence-corrected chi connectivity index (χ4v) is 23.6. The molecule has 15 aromatic heterocycles. The summed E-state index contributed by atoms with van der Waals surface area (Å²) in [5.41, 5.74) is 35.0. The Kier molecular flexibility index (Phi) is 23.3. The molecule has 0 saturated heterocycles. The van der Waals surface area contributed by atoms with Gasteiger partial charge in [-0.15, -0.1) is 34.0 Å². The van der Waals surface area contributed by atoms with Crippen molar-refractivity contribution in [3.05, 3.63) is 498 Å². The van der Waals surface area contributed by atoms with Gasteiger partial charge in [0.2, 0.25) is 0 Å². The first kappa shape index (κ1) is 88.3. The summed E-state index contributed by atoms with van der Waals surface area (Å²) in [4.78, 5) is 58.2. The Balaban J connectivity index is 0.000000112. The van der Waals surface area contributed by atoms with Gasteiger partial charge in [-0.25, -0.2) is 29.9 Å². The zero-order chi connectivity index (χ0) is 97.5. The molecular weight excluding hydrogens is 1850 g/mol. The third kappa shape index (κ3) is 17.4. The van der Waals surface area contributed by atoms with Crippen LogP contribution in [-0.2, 0) is 0 Å². The summed E-state index contributed by atoms with van der Waals surface area (Å²) < 4.78 is 7.47. The van der Waals surface area contributed by atoms with Gasteiger partial charge in [0.15, 0.2) is 0 Å². The molecule has 0 aliphatic heterocycles. The molecule has 15 heteroatoms. The quantitative estimate of drug-likeness (QED) is 0.0904. The number of aromatic nitrogens is 12. The van der Waals surface area contributed by atoms with Crippen LogP contribution in [0.1, 0.15) is 0 Å². The number of benzene rings is 13. The number of nitrogens with zero attached hydrogens (tertiary/aromatic N) is 12. The van der Waals surface area contributed by atoms with Gasteiger partial charge in [0.1, 0.15) is 0 Å². The molecule has 147 heavy (non-hydrogen) atoms. The predicted molar refractivity (Wildman–Crippen MR) is 611 cm³/mol. The Morgan fingerprint density at radius 1 is 0.136 bits per heavy atom. The molecule has 0 unspecified atom stereocenters. The van der Waals surface area contributed by atoms with Crippen molar-refractivity contribution in [3.63, 3.8) is 0 Å². The number of hydrogen-bond donors (Lipinski definition) is 0. The molecule has 0 aliphatic rings. The zero-order valence-electron chi connectivity index (χ0n) is 78.9. The van der Waals surface area contributed by atoms with Crippen LogP contribution in [0.3, 0.4) is 0 Å². The van der Waals surface area contributed by atoms with E-state index in [0.29, 0.717) is 0 Å². The van der Waals surface area contributed by atoms with Crippen LogP contribution in [0, 0.1) is 0 Å². The number of fused-ring (bicyclic) bond motifs is 15. The average Bonchev–Trinajstić information content (AvgIpc) is 1.60. The van der Waals surface area contributed by atoms with Crippen LogP contribution >= 0.6 is 34.0 Å². The summed E-state index contributed by atoms with van der Waals surface area (Å²) in [6.07, 6.45) is 10.8. The first-order valence-electron chi connectivity index (χ1n) is 48.7. The van der Waals surface area contributed by atoms with E-state index >= 15 is 0 Å². The van der Waals surface area contributed by atoms with Crippen LogP contribution < -0.4 is 0 Å². The van der Waals surface area contributed by atoms with Gasteiger partial charge in [0.05, 0.1) is 116 Å². The lowest BCUT2D eigenvalue weighted by atomic mass is 9.94. The molecule has 15 heterocycles. The fraction of sp³-hybridized carbons (Fsp3) is 0. The predicted octanol–water partition coefficient (Wildman–Crippen LogP) is 35.0. The largest absolute Gasteiger partial charge is 0.255 e. The minimum absolute atomic E-state index is 0.811. The summed E-state index contributed by atoms with van der Waals surface area (Å²) in [5, 5.41) is 11.1. The lowest BCUT2D eigenvalue weighted by molar-refractivity contribution is 1.22. The standard InChI is InChI=1S/C48H30N4S.2C42H26N4S/c1-2-12-31(13-3-1)47-48-46(38-18-4-5-21-45(38)53-48)39-28-36(22-23-40(39)52-47)34-16-10-14-32(26-34)33-15-11-17-35(27-33)37-29-43(41-19-6-8-24-49-41)51-44(30-37)42-20-7-9-25-50-42;1-2-11-27(12-3-1)41-42-40(32-15-4-5-18-39(32)47-42)33-24-30(19-20-34(33)46-41)28-13-10-14-29(23-28)31-25-37(35-16-6-8-21-43-35)45-38(26-31)36-17-7-9-22-44-36;1-2-11-29(12-3-1)41-42-40(32-13-4-5-18-38(32)47-42)39-31(14-10-17-35(39)46-41)28-21-19-27(20-22-28)30-25-36(33-15-6-8-23-43-33)45-37(26-30)34-16-7-9-24-44-34/h1-30H;2*1-26H. The van der Waals surface area contributed by atoms with E-state index < -0.39 is 0 Å². The first-order valence-corrected chi connectivity index (χ1v) is 51.2. The smallest absolute Gasteiger partial charge is 0.0900 e. The molecule has 12 nitrogen and oxygen atoms in total. The molecule has 0 fully saturated rings. The lowest BCUT2D eigenvalue weighted by Gasteiger charge is -2.13. The topological polar surface area (TPSA) is 155 Å². The van der Waals surface area contributed by atoms with E-state index in [9.17, 15) is 0 Å². The third-order valence-electron chi connectivity index (χ3n) is 26.9. The van der Waals surface area contributed by atoms with Gasteiger partial charge in [-0.05, 0) is 254 Å². The maximum absolute atomic E-state index is 5.29. The van der Waals surface area contributed by atoms with Gasteiger partial charge in [-0.1, -0.05) is 285 Å². The average molecular weight is 1930 g/mol. The normalized spacial score (nSPS) is 11.4. The van der Waals surface area contributed by atoms with Crippen molar-refractivity contribution in [1.29, 1.82) is 0 Å². The molecule has 0 amide bonds. The van der Waals surface area contributed by atoms with Crippen LogP contribution in [0.4, 0.5) is 0 Å². The number of hydrogen-bond acceptors (Lipinski definition) is 15. The highest BCUT2D eigenvalue weighted by Gasteiger charge is 2.25. The molecule has 0 atom stereocenters. The molecular formula is C132H82N12S3. The van der Waals surface area contributed by atoms with Crippen molar-refractivity contribution in [2.45, 2.75) is 0 Å². The molecule has 0 spiro atoms. The maximum atomic E-state index is 5.29. The highest BCUT2D eigenvalue weighted by molar-refractivity contribution is 7.27. The van der Waals surface area contributed by atoms with E-state index in [1.54, 1.807) is 37.2 Å². The van der Waals surface area contributed by atoms with Crippen molar-refractivity contribution in [2.75, 3.05) is 0 Å². The van der Waals surface area contributed by atoms with E-state index in [0.717, 1.165) is 191 Å². The summed E-state index contributed by atoms with van der Waals surface area (Å²) in [5.74, 6) is 0. The van der Waals surface area contributed by atoms with Gasteiger partial charge in [-0.2, -0.15) is 0 Å². The van der Waals surface area contributed by atoms with Crippen LogP contribution in [0.15, 0.2) is 498 Å². The van der Waals surface area contributed by atoms with Crippen molar-refractivity contribution in [3.8, 4) is 180 Å². The van der Waals surface area contributed by atoms with Crippen LogP contribution in [0.2, 0.25) is 0 Å². The SMILES string of the molecule is c1ccc(-c2nc3ccc(-c4cccc(-c5cc(-c6ccccn6)nc(-c6ccccn6)c5)c4)cc3c3c2sc2ccccc23)cc1.c1ccc(-c2nc3ccc(-c4cccc(-c5cccc(-c6cc(-c7ccccn7)nc(-c7ccccn7)c6)c5)c4)cc3c3c2sc2ccccc23)cc1.c1ccc(-c2nc3cccc(-c4ccc(-c5cc(-c6ccccn6)nc(-c6ccccn6)c5)cc4)c3c3c2sc2ccccc23)cc1. The van der Waals surface area contributed by atoms with Gasteiger partial charge in [0, 0.05) is 116 Å². The van der Waals surface area contributed by atoms with Crippen LogP contribution in [0.25, 0.3) is 273 Å². The second-order valence-corrected chi connectivity index (χ2v) is 39.2. The van der Waals surface area contributed by atoms with Gasteiger partial charge >= 0.3 is 0 Å². The Labute approximate surface area is 858 Å². The van der Waals surface area contributed by atoms with E-state index in [1.165, 1.54) is 82.2 Å². The minimum atomic E-state index is 0.811. The lowest BCUT2D eigenvalue weighted by Crippen LogP contribution is -1.94. The Morgan fingerprint density at radius 3 is 0.728 bits per heavy atom. The number of pyridine rings is 12. The fourth-order valence-electron chi connectivity index (χ4n) is 19.9. The Bertz CT molecular complexity index is 9660. The van der Waals surface area contributed by atoms with Gasteiger partial charge in [-0.3, -0.25) is 29.9 Å². The molecule has 0 bridgehead atoms. The summed E-state index contributed by atoms with van der Waals surface area (Å²) >= 11 is 5.47. The number of rotatable bonds is 16. The monoisotopic (exact) mass is 1930 g/mol. The van der Waals surface area contributed by atoms with Crippen LogP contribution in [-0.4, -0.2) is 59.8 Å². The van der Waals surface area contributed by atoms with E-state index in [4.69, 9.17) is 29.9 Å². The molecule has 0 saturated carbocycles. The summed E-state index contributed by atoms with van der Waals surface area (Å²) in [7, 11) is 0. The summed E-state index contributed by atoms with van der Waals surface area (Å²) in [6, 6.07) is 161. The molecule has 28 rings (SSSR count). The van der Waals surface area contributed by atoms with Crippen molar-refractivity contribution in [1.82, 2.24) is 59.8 Å². The highest BCUT2D eigenvalue weighted by atomic mass is 32.1. The van der Waals surface area contributed by atoms with Crippen molar-refractivity contribution in [2.24, 2.45) is 0 Å². The second kappa shape index (κ2) is 38.8. The van der Waals surface area contributed by atoms with Gasteiger partial charge in [0.25, 0.3) is 0 Å². The zero-order valence-corrected chi connectivity index (χ0v) is 81.4. The van der Waals surface area contributed by atoms with E-state index in [-0.39, 0.29) is 0 Å². The van der Waals surface area contributed by atoms with Crippen molar-refractivity contribution >= 4 is 127 Å². The van der Waals surface area contributed by atoms with Crippen LogP contribution in [0.5, 0.6) is 0 Å². The van der Waals surface area contributed by atoms with E-state index in [1.807, 2.05) is 143 Å². The third-order valence-corrected chi connectivity index (χ3v) is 30.5. The van der Waals surface area contributed by atoms with Crippen molar-refractivity contribution < 1.29 is 0 Å². The number of thiophene rings is 3. The van der Waals surface area contributed by atoms with E-state index in [2.05, 4.69) is 382 Å². The molecule has 13 aromatic carbocycles.